The quantitative estimate of drug-likeness (QED) is 0.507. The highest BCUT2D eigenvalue weighted by atomic mass is 16.5. The Morgan fingerprint density at radius 3 is 2.91 bits per heavy atom. The Hall–Kier alpha value is -3.26. The number of carbonyl (C=O) groups excluding carboxylic acids is 1. The highest BCUT2D eigenvalue weighted by Crippen LogP contribution is 2.30. The zero-order valence-corrected chi connectivity index (χ0v) is 19.5. The maximum Gasteiger partial charge on any atom is 0.275 e. The van der Waals surface area contributed by atoms with Gasteiger partial charge in [-0.1, -0.05) is 6.07 Å². The van der Waals surface area contributed by atoms with Crippen molar-refractivity contribution in [2.75, 3.05) is 20.3 Å². The van der Waals surface area contributed by atoms with Gasteiger partial charge < -0.3 is 23.5 Å². The van der Waals surface area contributed by atoms with Crippen LogP contribution in [-0.4, -0.2) is 47.4 Å². The van der Waals surface area contributed by atoms with E-state index in [0.29, 0.717) is 36.9 Å². The summed E-state index contributed by atoms with van der Waals surface area (Å²) in [5.41, 5.74) is 3.68. The molecule has 1 unspecified atom stereocenters. The average Bonchev–Trinajstić information content (AvgIpc) is 3.64. The van der Waals surface area contributed by atoms with Crippen LogP contribution in [0, 0.1) is 0 Å². The van der Waals surface area contributed by atoms with Crippen LogP contribution in [0.1, 0.15) is 58.8 Å². The minimum Gasteiger partial charge on any atom is -0.493 e. The van der Waals surface area contributed by atoms with Gasteiger partial charge in [-0.2, -0.15) is 5.10 Å². The van der Waals surface area contributed by atoms with E-state index in [2.05, 4.69) is 10.2 Å². The number of ether oxygens (including phenoxy) is 3. The van der Waals surface area contributed by atoms with E-state index in [4.69, 9.17) is 18.6 Å². The van der Waals surface area contributed by atoms with Crippen molar-refractivity contribution in [2.45, 2.75) is 57.8 Å². The van der Waals surface area contributed by atoms with Crippen molar-refractivity contribution in [1.29, 1.82) is 0 Å². The number of fused-ring (bicyclic) bond motifs is 1. The van der Waals surface area contributed by atoms with Crippen molar-refractivity contribution in [3.63, 3.8) is 0 Å². The van der Waals surface area contributed by atoms with Gasteiger partial charge in [0.05, 0.1) is 19.5 Å². The number of nitrogens with one attached hydrogen (secondary N) is 1. The number of aryl methyl sites for hydroxylation is 1. The second kappa shape index (κ2) is 10.3. The van der Waals surface area contributed by atoms with Crippen LogP contribution in [0.4, 0.5) is 0 Å². The molecule has 1 N–H and O–H groups in total. The Bertz CT molecular complexity index is 1100. The second-order valence-electron chi connectivity index (χ2n) is 8.91. The molecule has 180 valence electrons. The molecule has 3 aromatic rings. The van der Waals surface area contributed by atoms with Crippen LogP contribution in [0.3, 0.4) is 0 Å². The third kappa shape index (κ3) is 4.97. The third-order valence-electron chi connectivity index (χ3n) is 6.55. The van der Waals surface area contributed by atoms with Crippen LogP contribution in [0.5, 0.6) is 11.5 Å². The number of hydrogen-bond donors (Lipinski definition) is 1. The standard InChI is InChI=1S/C26H31N3O5/c1-31-23-11-10-18(14-24(23)34-17-20-7-5-13-33-20)15-29(16-19-6-4-12-32-19)26(30)25-21-8-2-3-9-22(21)27-28-25/h5,7,10-11,13-14,19H,2-4,6,8-9,12,15-17H2,1H3,(H,27,28). The normalized spacial score (nSPS) is 17.4. The number of carbonyl (C=O) groups is 1. The van der Waals surface area contributed by atoms with Crippen LogP contribution in [-0.2, 0) is 30.7 Å². The molecule has 1 saturated heterocycles. The maximum absolute atomic E-state index is 13.7. The largest absolute Gasteiger partial charge is 0.493 e. The van der Waals surface area contributed by atoms with Crippen molar-refractivity contribution in [1.82, 2.24) is 15.1 Å². The van der Waals surface area contributed by atoms with Crippen LogP contribution in [0.25, 0.3) is 0 Å². The predicted molar refractivity (Wildman–Crippen MR) is 125 cm³/mol. The van der Waals surface area contributed by atoms with Gasteiger partial charge in [0, 0.05) is 31.0 Å². The molecule has 0 saturated carbocycles. The van der Waals surface area contributed by atoms with Crippen molar-refractivity contribution in [2.24, 2.45) is 0 Å². The maximum atomic E-state index is 13.7. The van der Waals surface area contributed by atoms with Crippen LogP contribution < -0.4 is 9.47 Å². The number of aromatic amines is 1. The van der Waals surface area contributed by atoms with Gasteiger partial charge in [0.25, 0.3) is 5.91 Å². The summed E-state index contributed by atoms with van der Waals surface area (Å²) < 4.78 is 22.7. The van der Waals surface area contributed by atoms with Gasteiger partial charge in [0.15, 0.2) is 17.2 Å². The number of benzene rings is 1. The SMILES string of the molecule is COc1ccc(CN(CC2CCCO2)C(=O)c2n[nH]c3c2CCCC3)cc1OCc1ccco1. The Kier molecular flexibility index (Phi) is 6.85. The summed E-state index contributed by atoms with van der Waals surface area (Å²) in [6, 6.07) is 9.46. The molecule has 8 nitrogen and oxygen atoms in total. The van der Waals surface area contributed by atoms with E-state index in [1.807, 2.05) is 35.2 Å². The fraction of sp³-hybridized carbons (Fsp3) is 0.462. The topological polar surface area (TPSA) is 89.8 Å². The molecule has 0 radical (unpaired) electrons. The molecule has 0 bridgehead atoms. The molecule has 3 heterocycles. The second-order valence-corrected chi connectivity index (χ2v) is 8.91. The van der Waals surface area contributed by atoms with E-state index in [0.717, 1.165) is 67.7 Å². The zero-order chi connectivity index (χ0) is 23.3. The smallest absolute Gasteiger partial charge is 0.275 e. The third-order valence-corrected chi connectivity index (χ3v) is 6.55. The van der Waals surface area contributed by atoms with Gasteiger partial charge in [0.1, 0.15) is 12.4 Å². The summed E-state index contributed by atoms with van der Waals surface area (Å²) in [6.07, 6.45) is 7.73. The molecule has 5 rings (SSSR count). The summed E-state index contributed by atoms with van der Waals surface area (Å²) >= 11 is 0. The summed E-state index contributed by atoms with van der Waals surface area (Å²) in [7, 11) is 1.61. The number of amides is 1. The summed E-state index contributed by atoms with van der Waals surface area (Å²) in [5, 5.41) is 7.53. The molecule has 1 atom stereocenters. The zero-order valence-electron chi connectivity index (χ0n) is 19.5. The molecular weight excluding hydrogens is 434 g/mol. The van der Waals surface area contributed by atoms with Gasteiger partial charge in [0.2, 0.25) is 0 Å². The van der Waals surface area contributed by atoms with E-state index in [-0.39, 0.29) is 12.0 Å². The number of H-pyrrole nitrogens is 1. The van der Waals surface area contributed by atoms with Gasteiger partial charge in [-0.3, -0.25) is 9.89 Å². The highest BCUT2D eigenvalue weighted by molar-refractivity contribution is 5.94. The van der Waals surface area contributed by atoms with Gasteiger partial charge in [-0.15, -0.1) is 0 Å². The van der Waals surface area contributed by atoms with Crippen molar-refractivity contribution < 1.29 is 23.4 Å². The number of nitrogens with zero attached hydrogens (tertiary/aromatic N) is 2. The average molecular weight is 466 g/mol. The molecule has 2 aromatic heterocycles. The van der Waals surface area contributed by atoms with E-state index < -0.39 is 0 Å². The molecule has 34 heavy (non-hydrogen) atoms. The first-order valence-corrected chi connectivity index (χ1v) is 12.0. The van der Waals surface area contributed by atoms with E-state index in [1.165, 1.54) is 0 Å². The Morgan fingerprint density at radius 1 is 1.21 bits per heavy atom. The van der Waals surface area contributed by atoms with Gasteiger partial charge in [-0.25, -0.2) is 0 Å². The van der Waals surface area contributed by atoms with E-state index in [9.17, 15) is 4.79 Å². The Labute approximate surface area is 199 Å². The van der Waals surface area contributed by atoms with E-state index in [1.54, 1.807) is 13.4 Å². The summed E-state index contributed by atoms with van der Waals surface area (Å²) in [5.74, 6) is 1.92. The molecule has 1 aliphatic carbocycles. The summed E-state index contributed by atoms with van der Waals surface area (Å²) in [6.45, 7) is 2.01. The lowest BCUT2D eigenvalue weighted by Crippen LogP contribution is -2.37. The fourth-order valence-corrected chi connectivity index (χ4v) is 4.76. The molecular formula is C26H31N3O5. The van der Waals surface area contributed by atoms with Crippen LogP contribution in [0.15, 0.2) is 41.0 Å². The minimum absolute atomic E-state index is 0.0478. The van der Waals surface area contributed by atoms with Crippen LogP contribution >= 0.6 is 0 Å². The van der Waals surface area contributed by atoms with Gasteiger partial charge >= 0.3 is 0 Å². The van der Waals surface area contributed by atoms with Crippen molar-refractivity contribution in [3.8, 4) is 11.5 Å². The lowest BCUT2D eigenvalue weighted by atomic mass is 9.95. The van der Waals surface area contributed by atoms with Crippen LogP contribution in [0.2, 0.25) is 0 Å². The van der Waals surface area contributed by atoms with Gasteiger partial charge in [-0.05, 0) is 68.4 Å². The van der Waals surface area contributed by atoms with Crippen molar-refractivity contribution >= 4 is 5.91 Å². The minimum atomic E-state index is -0.0521. The first-order chi connectivity index (χ1) is 16.7. The number of furan rings is 1. The number of hydrogen-bond acceptors (Lipinski definition) is 6. The monoisotopic (exact) mass is 465 g/mol. The molecule has 1 aliphatic heterocycles. The Balaban J connectivity index is 1.37. The predicted octanol–water partition coefficient (Wildman–Crippen LogP) is 4.29. The molecule has 1 fully saturated rings. The number of methoxy groups -OCH3 is 1. The molecule has 0 spiro atoms. The highest BCUT2D eigenvalue weighted by Gasteiger charge is 2.29. The first kappa shape index (κ1) is 22.5. The first-order valence-electron chi connectivity index (χ1n) is 12.0. The number of rotatable bonds is 9. The molecule has 2 aliphatic rings. The molecule has 1 amide bonds. The summed E-state index contributed by atoms with van der Waals surface area (Å²) in [4.78, 5) is 15.5. The molecule has 8 heteroatoms. The Morgan fingerprint density at radius 2 is 2.12 bits per heavy atom. The lowest BCUT2D eigenvalue weighted by molar-refractivity contribution is 0.0501. The lowest BCUT2D eigenvalue weighted by Gasteiger charge is -2.26. The number of aromatic nitrogens is 2. The molecule has 1 aromatic carbocycles. The fourth-order valence-electron chi connectivity index (χ4n) is 4.76. The van der Waals surface area contributed by atoms with Crippen molar-refractivity contribution in [3.05, 3.63) is 64.9 Å². The van der Waals surface area contributed by atoms with E-state index >= 15 is 0 Å².